The van der Waals surface area contributed by atoms with Crippen LogP contribution in [0.1, 0.15) is 38.3 Å². The van der Waals surface area contributed by atoms with Gasteiger partial charge in [-0.3, -0.25) is 4.79 Å². The van der Waals surface area contributed by atoms with Gasteiger partial charge in [0, 0.05) is 17.6 Å². The van der Waals surface area contributed by atoms with Crippen LogP contribution >= 0.6 is 0 Å². The van der Waals surface area contributed by atoms with Crippen LogP contribution < -0.4 is 15.8 Å². The van der Waals surface area contributed by atoms with E-state index in [-0.39, 0.29) is 17.8 Å². The Morgan fingerprint density at radius 3 is 2.74 bits per heavy atom. The molecule has 1 saturated carbocycles. The first kappa shape index (κ1) is 13.8. The lowest BCUT2D eigenvalue weighted by molar-refractivity contribution is -0.127. The number of ether oxygens (including phenoxy) is 1. The summed E-state index contributed by atoms with van der Waals surface area (Å²) < 4.78 is 18.8. The van der Waals surface area contributed by atoms with Gasteiger partial charge in [0.05, 0.1) is 0 Å². The maximum absolute atomic E-state index is 13.2. The Bertz CT molecular complexity index is 473. The minimum atomic E-state index is -0.622. The van der Waals surface area contributed by atoms with Crippen LogP contribution in [0.3, 0.4) is 0 Å². The fourth-order valence-electron chi connectivity index (χ4n) is 1.77. The molecule has 1 fully saturated rings. The molecule has 0 saturated heterocycles. The van der Waals surface area contributed by atoms with E-state index in [1.54, 1.807) is 13.8 Å². The number of halogens is 1. The van der Waals surface area contributed by atoms with E-state index in [9.17, 15) is 9.18 Å². The number of amides is 1. The summed E-state index contributed by atoms with van der Waals surface area (Å²) in [4.78, 5) is 11.8. The summed E-state index contributed by atoms with van der Waals surface area (Å²) in [5.74, 6) is -0.0629. The highest BCUT2D eigenvalue weighted by atomic mass is 19.1. The fourth-order valence-corrected chi connectivity index (χ4v) is 1.77. The minimum Gasteiger partial charge on any atom is -0.481 e. The molecule has 1 aliphatic rings. The van der Waals surface area contributed by atoms with Gasteiger partial charge in [-0.15, -0.1) is 0 Å². The third kappa shape index (κ3) is 3.67. The number of carbonyl (C=O) groups is 1. The van der Waals surface area contributed by atoms with Crippen LogP contribution in [-0.2, 0) is 4.79 Å². The highest BCUT2D eigenvalue weighted by Gasteiger charge is 2.26. The van der Waals surface area contributed by atoms with Crippen molar-refractivity contribution in [1.82, 2.24) is 5.32 Å². The van der Waals surface area contributed by atoms with Gasteiger partial charge in [0.2, 0.25) is 0 Å². The molecule has 0 radical (unpaired) electrons. The predicted molar refractivity (Wildman–Crippen MR) is 70.3 cm³/mol. The Labute approximate surface area is 112 Å². The molecule has 0 bridgehead atoms. The zero-order valence-corrected chi connectivity index (χ0v) is 11.2. The van der Waals surface area contributed by atoms with Crippen LogP contribution in [0.25, 0.3) is 0 Å². The zero-order chi connectivity index (χ0) is 14.0. The summed E-state index contributed by atoms with van der Waals surface area (Å²) in [6.45, 7) is 3.42. The van der Waals surface area contributed by atoms with E-state index in [0.29, 0.717) is 17.4 Å². The van der Waals surface area contributed by atoms with Crippen molar-refractivity contribution in [2.24, 2.45) is 5.73 Å². The molecule has 2 rings (SSSR count). The van der Waals surface area contributed by atoms with Crippen LogP contribution in [0, 0.1) is 5.82 Å². The van der Waals surface area contributed by atoms with Crippen molar-refractivity contribution < 1.29 is 13.9 Å². The molecule has 1 aromatic rings. The first-order valence-electron chi connectivity index (χ1n) is 6.49. The average molecular weight is 266 g/mol. The molecule has 1 aromatic carbocycles. The molecule has 1 aliphatic carbocycles. The van der Waals surface area contributed by atoms with Gasteiger partial charge in [0.15, 0.2) is 6.10 Å². The largest absolute Gasteiger partial charge is 0.481 e. The first-order valence-corrected chi connectivity index (χ1v) is 6.49. The summed E-state index contributed by atoms with van der Waals surface area (Å²) in [6.07, 6.45) is 1.43. The van der Waals surface area contributed by atoms with E-state index >= 15 is 0 Å². The zero-order valence-electron chi connectivity index (χ0n) is 11.2. The molecule has 0 heterocycles. The molecular weight excluding hydrogens is 247 g/mol. The van der Waals surface area contributed by atoms with Crippen LogP contribution in [0.15, 0.2) is 18.2 Å². The molecule has 104 valence electrons. The molecule has 0 spiro atoms. The van der Waals surface area contributed by atoms with Crippen LogP contribution in [0.2, 0.25) is 0 Å². The second kappa shape index (κ2) is 5.57. The van der Waals surface area contributed by atoms with Gasteiger partial charge in [0.1, 0.15) is 11.6 Å². The summed E-state index contributed by atoms with van der Waals surface area (Å²) in [7, 11) is 0. The summed E-state index contributed by atoms with van der Waals surface area (Å²) >= 11 is 0. The average Bonchev–Trinajstić information content (AvgIpc) is 3.14. The van der Waals surface area contributed by atoms with E-state index in [1.165, 1.54) is 18.2 Å². The predicted octanol–water partition coefficient (Wildman–Crippen LogP) is 1.89. The van der Waals surface area contributed by atoms with E-state index in [2.05, 4.69) is 5.32 Å². The maximum Gasteiger partial charge on any atom is 0.260 e. The molecule has 1 amide bonds. The second-order valence-corrected chi connectivity index (χ2v) is 5.01. The third-order valence-corrected chi connectivity index (χ3v) is 3.06. The van der Waals surface area contributed by atoms with Gasteiger partial charge in [-0.2, -0.15) is 0 Å². The molecule has 0 aromatic heterocycles. The fraction of sp³-hybridized carbons (Fsp3) is 0.500. The Hall–Kier alpha value is -1.62. The van der Waals surface area contributed by atoms with Gasteiger partial charge in [-0.1, -0.05) is 0 Å². The van der Waals surface area contributed by atoms with Crippen LogP contribution in [0.5, 0.6) is 5.75 Å². The molecule has 0 aliphatic heterocycles. The number of nitrogens with two attached hydrogens (primary N) is 1. The van der Waals surface area contributed by atoms with Gasteiger partial charge in [-0.25, -0.2) is 4.39 Å². The number of rotatable bonds is 5. The normalized spacial score (nSPS) is 17.7. The third-order valence-electron chi connectivity index (χ3n) is 3.06. The lowest BCUT2D eigenvalue weighted by atomic mass is 10.1. The highest BCUT2D eigenvalue weighted by molar-refractivity contribution is 5.81. The van der Waals surface area contributed by atoms with E-state index < -0.39 is 6.10 Å². The molecule has 5 heteroatoms. The lowest BCUT2D eigenvalue weighted by Crippen LogP contribution is -2.37. The van der Waals surface area contributed by atoms with E-state index in [1.807, 2.05) is 0 Å². The lowest BCUT2D eigenvalue weighted by Gasteiger charge is -2.18. The number of benzene rings is 1. The van der Waals surface area contributed by atoms with Crippen molar-refractivity contribution in [3.63, 3.8) is 0 Å². The van der Waals surface area contributed by atoms with E-state index in [4.69, 9.17) is 10.5 Å². The Morgan fingerprint density at radius 1 is 1.47 bits per heavy atom. The quantitative estimate of drug-likeness (QED) is 0.855. The van der Waals surface area contributed by atoms with Crippen molar-refractivity contribution >= 4 is 5.91 Å². The summed E-state index contributed by atoms with van der Waals surface area (Å²) in [6, 6.07) is 4.08. The first-order chi connectivity index (χ1) is 8.97. The summed E-state index contributed by atoms with van der Waals surface area (Å²) in [5, 5.41) is 2.86. The molecule has 1 unspecified atom stereocenters. The van der Waals surface area contributed by atoms with Crippen molar-refractivity contribution in [2.75, 3.05) is 0 Å². The topological polar surface area (TPSA) is 64.3 Å². The smallest absolute Gasteiger partial charge is 0.260 e. The standard InChI is InChI=1S/C14H19FN2O2/c1-8(16)12-7-10(15)3-6-13(12)19-9(2)14(18)17-11-4-5-11/h3,6-9,11H,4-5,16H2,1-2H3,(H,17,18)/t8-,9?/m0/s1. The number of carbonyl (C=O) groups excluding carboxylic acids is 1. The Kier molecular flexibility index (Phi) is 4.04. The van der Waals surface area contributed by atoms with Crippen molar-refractivity contribution in [3.05, 3.63) is 29.6 Å². The Balaban J connectivity index is 2.06. The molecule has 19 heavy (non-hydrogen) atoms. The number of hydrogen-bond donors (Lipinski definition) is 2. The number of hydrogen-bond acceptors (Lipinski definition) is 3. The Morgan fingerprint density at radius 2 is 2.16 bits per heavy atom. The van der Waals surface area contributed by atoms with Crippen molar-refractivity contribution in [1.29, 1.82) is 0 Å². The van der Waals surface area contributed by atoms with Gasteiger partial charge < -0.3 is 15.8 Å². The highest BCUT2D eigenvalue weighted by Crippen LogP contribution is 2.26. The molecule has 3 N–H and O–H groups in total. The summed E-state index contributed by atoms with van der Waals surface area (Å²) in [5.41, 5.74) is 6.34. The van der Waals surface area contributed by atoms with Gasteiger partial charge >= 0.3 is 0 Å². The van der Waals surface area contributed by atoms with Gasteiger partial charge in [0.25, 0.3) is 5.91 Å². The van der Waals surface area contributed by atoms with Crippen molar-refractivity contribution in [2.45, 2.75) is 44.9 Å². The van der Waals surface area contributed by atoms with Gasteiger partial charge in [-0.05, 0) is 44.9 Å². The van der Waals surface area contributed by atoms with Crippen molar-refractivity contribution in [3.8, 4) is 5.75 Å². The minimum absolute atomic E-state index is 0.151. The SMILES string of the molecule is CC(Oc1ccc(F)cc1[C@H](C)N)C(=O)NC1CC1. The second-order valence-electron chi connectivity index (χ2n) is 5.01. The number of nitrogens with one attached hydrogen (secondary N) is 1. The van der Waals surface area contributed by atoms with Crippen LogP contribution in [-0.4, -0.2) is 18.1 Å². The molecule has 4 nitrogen and oxygen atoms in total. The van der Waals surface area contributed by atoms with E-state index in [0.717, 1.165) is 12.8 Å². The molecule has 2 atom stereocenters. The maximum atomic E-state index is 13.2. The van der Waals surface area contributed by atoms with Crippen LogP contribution in [0.4, 0.5) is 4.39 Å². The monoisotopic (exact) mass is 266 g/mol. The molecular formula is C14H19FN2O2.